The summed E-state index contributed by atoms with van der Waals surface area (Å²) in [7, 11) is 3.64. The normalized spacial score (nSPS) is 33.9. The summed E-state index contributed by atoms with van der Waals surface area (Å²) in [5.41, 5.74) is -2.48. The largest absolute Gasteiger partial charge is 0.417 e. The lowest BCUT2D eigenvalue weighted by atomic mass is 9.70. The van der Waals surface area contributed by atoms with Crippen molar-refractivity contribution in [3.63, 3.8) is 0 Å². The summed E-state index contributed by atoms with van der Waals surface area (Å²) < 4.78 is 38.9. The van der Waals surface area contributed by atoms with Gasteiger partial charge in [-0.1, -0.05) is 39.5 Å². The van der Waals surface area contributed by atoms with E-state index in [1.54, 1.807) is 4.90 Å². The van der Waals surface area contributed by atoms with E-state index in [0.717, 1.165) is 32.1 Å². The summed E-state index contributed by atoms with van der Waals surface area (Å²) in [6.45, 7) is 4.41. The highest BCUT2D eigenvalue weighted by Crippen LogP contribution is 2.46. The van der Waals surface area contributed by atoms with Crippen LogP contribution in [0, 0.1) is 29.6 Å². The van der Waals surface area contributed by atoms with Crippen molar-refractivity contribution in [1.29, 1.82) is 0 Å². The van der Waals surface area contributed by atoms with E-state index in [-0.39, 0.29) is 30.6 Å². The number of carbonyl (C=O) groups excluding carboxylic acids is 1. The summed E-state index contributed by atoms with van der Waals surface area (Å²) in [6.07, 6.45) is 2.36. The molecule has 0 aliphatic heterocycles. The first-order valence-electron chi connectivity index (χ1n) is 10.9. The monoisotopic (exact) mass is 405 g/mol. The molecule has 4 unspecified atom stereocenters. The topological polar surface area (TPSA) is 40.5 Å². The van der Waals surface area contributed by atoms with Gasteiger partial charge in [0.25, 0.3) is 0 Å². The fourth-order valence-corrected chi connectivity index (χ4v) is 5.30. The van der Waals surface area contributed by atoms with Gasteiger partial charge in [-0.2, -0.15) is 13.2 Å². The molecule has 2 aliphatic rings. The highest BCUT2D eigenvalue weighted by atomic mass is 19.4. The van der Waals surface area contributed by atoms with Crippen LogP contribution < -0.4 is 0 Å². The molecular weight excluding hydrogens is 367 g/mol. The molecular formula is C22H38F3NO2. The van der Waals surface area contributed by atoms with Gasteiger partial charge in [0.1, 0.15) is 0 Å². The molecule has 2 rings (SSSR count). The van der Waals surface area contributed by atoms with E-state index >= 15 is 0 Å². The second-order valence-electron chi connectivity index (χ2n) is 9.75. The molecule has 2 aliphatic carbocycles. The van der Waals surface area contributed by atoms with Gasteiger partial charge in [-0.25, -0.2) is 0 Å². The van der Waals surface area contributed by atoms with Gasteiger partial charge >= 0.3 is 6.18 Å². The Morgan fingerprint density at radius 3 is 2.07 bits per heavy atom. The molecule has 0 heterocycles. The second kappa shape index (κ2) is 9.36. The van der Waals surface area contributed by atoms with Crippen LogP contribution in [0.4, 0.5) is 13.2 Å². The fourth-order valence-electron chi connectivity index (χ4n) is 5.30. The Kier molecular flexibility index (Phi) is 7.85. The lowest BCUT2D eigenvalue weighted by Gasteiger charge is -2.39. The van der Waals surface area contributed by atoms with Gasteiger partial charge in [0, 0.05) is 20.0 Å². The zero-order valence-corrected chi connectivity index (χ0v) is 17.9. The van der Waals surface area contributed by atoms with Crippen LogP contribution in [0.3, 0.4) is 0 Å². The van der Waals surface area contributed by atoms with Gasteiger partial charge in [0.15, 0.2) is 5.60 Å². The number of halogens is 3. The van der Waals surface area contributed by atoms with Gasteiger partial charge in [-0.05, 0) is 62.2 Å². The van der Waals surface area contributed by atoms with Gasteiger partial charge in [-0.3, -0.25) is 4.79 Å². The third-order valence-electron chi connectivity index (χ3n) is 7.58. The van der Waals surface area contributed by atoms with Crippen molar-refractivity contribution in [1.82, 2.24) is 4.90 Å². The maximum atomic E-state index is 13.0. The summed E-state index contributed by atoms with van der Waals surface area (Å²) in [5, 5.41) is 9.85. The minimum absolute atomic E-state index is 0.145. The average molecular weight is 406 g/mol. The van der Waals surface area contributed by atoms with E-state index in [2.05, 4.69) is 13.8 Å². The van der Waals surface area contributed by atoms with Crippen molar-refractivity contribution in [2.75, 3.05) is 14.1 Å². The second-order valence-corrected chi connectivity index (χ2v) is 9.75. The maximum Gasteiger partial charge on any atom is 0.417 e. The fraction of sp³-hybridized carbons (Fsp3) is 0.955. The first-order chi connectivity index (χ1) is 12.9. The standard InChI is InChI=1S/C22H38F3NO2/c1-15(17-10-12-21(28,13-11-17)22(23,24)25)8-9-16(2)18-6-5-7-19(14-18)20(27)26(3)4/h15-19,28H,5-14H2,1-4H3. The minimum atomic E-state index is -4.52. The van der Waals surface area contributed by atoms with Crippen LogP contribution in [0.15, 0.2) is 0 Å². The van der Waals surface area contributed by atoms with Crippen molar-refractivity contribution >= 4 is 5.91 Å². The molecule has 0 aromatic carbocycles. The lowest BCUT2D eigenvalue weighted by Crippen LogP contribution is -2.48. The third kappa shape index (κ3) is 5.64. The quantitative estimate of drug-likeness (QED) is 0.641. The highest BCUT2D eigenvalue weighted by molar-refractivity contribution is 5.78. The Hall–Kier alpha value is -0.780. The predicted octanol–water partition coefficient (Wildman–Crippen LogP) is 5.42. The zero-order valence-electron chi connectivity index (χ0n) is 17.9. The average Bonchev–Trinajstić information content (AvgIpc) is 2.65. The summed E-state index contributed by atoms with van der Waals surface area (Å²) >= 11 is 0. The number of rotatable bonds is 6. The van der Waals surface area contributed by atoms with Crippen LogP contribution >= 0.6 is 0 Å². The van der Waals surface area contributed by atoms with Gasteiger partial charge in [0.05, 0.1) is 0 Å². The Morgan fingerprint density at radius 2 is 1.57 bits per heavy atom. The zero-order chi connectivity index (χ0) is 21.1. The van der Waals surface area contributed by atoms with Crippen molar-refractivity contribution < 1.29 is 23.1 Å². The van der Waals surface area contributed by atoms with Crippen LogP contribution in [0.2, 0.25) is 0 Å². The molecule has 0 saturated heterocycles. The Bertz CT molecular complexity index is 512. The Labute approximate surface area is 168 Å². The number of hydrogen-bond acceptors (Lipinski definition) is 2. The molecule has 2 saturated carbocycles. The number of carbonyl (C=O) groups is 1. The Balaban J connectivity index is 1.78. The lowest BCUT2D eigenvalue weighted by molar-refractivity contribution is -0.272. The molecule has 28 heavy (non-hydrogen) atoms. The van der Waals surface area contributed by atoms with E-state index in [4.69, 9.17) is 0 Å². The summed E-state index contributed by atoms with van der Waals surface area (Å²) in [6, 6.07) is 0. The highest BCUT2D eigenvalue weighted by Gasteiger charge is 2.54. The molecule has 0 radical (unpaired) electrons. The first-order valence-corrected chi connectivity index (χ1v) is 10.9. The summed E-state index contributed by atoms with van der Waals surface area (Å²) in [4.78, 5) is 14.0. The number of alkyl halides is 3. The molecule has 0 spiro atoms. The molecule has 3 nitrogen and oxygen atoms in total. The van der Waals surface area contributed by atoms with Crippen LogP contribution in [0.25, 0.3) is 0 Å². The maximum absolute atomic E-state index is 13.0. The van der Waals surface area contributed by atoms with E-state index in [0.29, 0.717) is 30.6 Å². The SMILES string of the molecule is CC(CCC(C)C1CCCC(C(=O)N(C)C)C1)C1CCC(O)(C(F)(F)F)CC1. The number of aliphatic hydroxyl groups is 1. The van der Waals surface area contributed by atoms with Gasteiger partial charge in [-0.15, -0.1) is 0 Å². The van der Waals surface area contributed by atoms with E-state index in [1.807, 2.05) is 14.1 Å². The molecule has 0 bridgehead atoms. The number of amides is 1. The molecule has 1 amide bonds. The van der Waals surface area contributed by atoms with Gasteiger partial charge < -0.3 is 10.0 Å². The van der Waals surface area contributed by atoms with E-state index < -0.39 is 11.8 Å². The smallest absolute Gasteiger partial charge is 0.380 e. The molecule has 6 heteroatoms. The van der Waals surface area contributed by atoms with Crippen molar-refractivity contribution in [2.24, 2.45) is 29.6 Å². The minimum Gasteiger partial charge on any atom is -0.380 e. The molecule has 2 fully saturated rings. The molecule has 1 N–H and O–H groups in total. The Morgan fingerprint density at radius 1 is 1.04 bits per heavy atom. The summed E-state index contributed by atoms with van der Waals surface area (Å²) in [5.74, 6) is 2.14. The van der Waals surface area contributed by atoms with E-state index in [1.165, 1.54) is 6.42 Å². The molecule has 164 valence electrons. The van der Waals surface area contributed by atoms with Crippen LogP contribution in [0.5, 0.6) is 0 Å². The van der Waals surface area contributed by atoms with Crippen molar-refractivity contribution in [3.05, 3.63) is 0 Å². The number of hydrogen-bond donors (Lipinski definition) is 1. The first kappa shape index (κ1) is 23.5. The third-order valence-corrected chi connectivity index (χ3v) is 7.58. The van der Waals surface area contributed by atoms with Crippen LogP contribution in [0.1, 0.15) is 78.1 Å². The molecule has 0 aromatic rings. The molecule has 4 atom stereocenters. The molecule has 0 aromatic heterocycles. The van der Waals surface area contributed by atoms with Gasteiger partial charge in [0.2, 0.25) is 5.91 Å². The predicted molar refractivity (Wildman–Crippen MR) is 105 cm³/mol. The van der Waals surface area contributed by atoms with Crippen molar-refractivity contribution in [2.45, 2.75) is 89.8 Å². The van der Waals surface area contributed by atoms with Crippen LogP contribution in [-0.4, -0.2) is 41.8 Å². The van der Waals surface area contributed by atoms with Crippen molar-refractivity contribution in [3.8, 4) is 0 Å². The van der Waals surface area contributed by atoms with Crippen LogP contribution in [-0.2, 0) is 4.79 Å². The van der Waals surface area contributed by atoms with E-state index in [9.17, 15) is 23.1 Å². The number of nitrogens with zero attached hydrogens (tertiary/aromatic N) is 1.